The first-order valence-electron chi connectivity index (χ1n) is 4.49. The highest BCUT2D eigenvalue weighted by Gasteiger charge is 2.15. The van der Waals surface area contributed by atoms with Crippen molar-refractivity contribution in [3.8, 4) is 0 Å². The Labute approximate surface area is 83.3 Å². The summed E-state index contributed by atoms with van der Waals surface area (Å²) in [5.74, 6) is 0. The Balaban J connectivity index is 2.07. The summed E-state index contributed by atoms with van der Waals surface area (Å²) in [5, 5.41) is 7.44. The highest BCUT2D eigenvalue weighted by atomic mass is 35.5. The predicted octanol–water partition coefficient (Wildman–Crippen LogP) is 2.03. The summed E-state index contributed by atoms with van der Waals surface area (Å²) in [4.78, 5) is 0. The van der Waals surface area contributed by atoms with E-state index in [2.05, 4.69) is 16.7 Å². The molecule has 0 aliphatic carbocycles. The van der Waals surface area contributed by atoms with Crippen molar-refractivity contribution < 1.29 is 0 Å². The van der Waals surface area contributed by atoms with E-state index in [4.69, 9.17) is 11.6 Å². The smallest absolute Gasteiger partial charge is 0.0510 e. The number of benzene rings is 1. The summed E-state index contributed by atoms with van der Waals surface area (Å²) in [7, 11) is 0. The molecule has 1 aliphatic rings. The molecule has 0 radical (unpaired) electrons. The van der Waals surface area contributed by atoms with Crippen LogP contribution in [0.3, 0.4) is 0 Å². The van der Waals surface area contributed by atoms with E-state index in [0.29, 0.717) is 6.04 Å². The van der Waals surface area contributed by atoms with Crippen molar-refractivity contribution >= 4 is 17.3 Å². The standard InChI is InChI=1S/C10H13ClN2/c1-7-2-3-8(4-10(7)11)13-9-5-12-6-9/h2-4,9,12-13H,5-6H2,1H3. The van der Waals surface area contributed by atoms with Gasteiger partial charge >= 0.3 is 0 Å². The maximum absolute atomic E-state index is 6.00. The first-order chi connectivity index (χ1) is 6.25. The van der Waals surface area contributed by atoms with Crippen LogP contribution in [0.4, 0.5) is 5.69 Å². The average molecular weight is 197 g/mol. The molecule has 2 rings (SSSR count). The highest BCUT2D eigenvalue weighted by molar-refractivity contribution is 6.31. The van der Waals surface area contributed by atoms with Gasteiger partial charge in [-0.2, -0.15) is 0 Å². The fraction of sp³-hybridized carbons (Fsp3) is 0.400. The second-order valence-electron chi connectivity index (χ2n) is 3.46. The zero-order chi connectivity index (χ0) is 9.26. The molecule has 70 valence electrons. The fourth-order valence-corrected chi connectivity index (χ4v) is 1.49. The molecule has 0 amide bonds. The molecule has 2 nitrogen and oxygen atoms in total. The molecule has 0 unspecified atom stereocenters. The molecular weight excluding hydrogens is 184 g/mol. The summed E-state index contributed by atoms with van der Waals surface area (Å²) in [6.45, 7) is 4.11. The Bertz CT molecular complexity index is 308. The third kappa shape index (κ3) is 1.95. The quantitative estimate of drug-likeness (QED) is 0.757. The summed E-state index contributed by atoms with van der Waals surface area (Å²) < 4.78 is 0. The largest absolute Gasteiger partial charge is 0.380 e. The van der Waals surface area contributed by atoms with E-state index < -0.39 is 0 Å². The molecule has 1 fully saturated rings. The van der Waals surface area contributed by atoms with Crippen LogP contribution >= 0.6 is 11.6 Å². The number of halogens is 1. The van der Waals surface area contributed by atoms with E-state index in [1.807, 2.05) is 19.1 Å². The lowest BCUT2D eigenvalue weighted by Crippen LogP contribution is -2.51. The average Bonchev–Trinajstić information content (AvgIpc) is 2.04. The van der Waals surface area contributed by atoms with Crippen molar-refractivity contribution in [2.24, 2.45) is 0 Å². The summed E-state index contributed by atoms with van der Waals surface area (Å²) in [5.41, 5.74) is 2.24. The van der Waals surface area contributed by atoms with Gasteiger partial charge in [0, 0.05) is 23.8 Å². The van der Waals surface area contributed by atoms with Crippen molar-refractivity contribution in [2.45, 2.75) is 13.0 Å². The van der Waals surface area contributed by atoms with Crippen molar-refractivity contribution in [1.29, 1.82) is 0 Å². The van der Waals surface area contributed by atoms with Gasteiger partial charge in [-0.1, -0.05) is 17.7 Å². The fourth-order valence-electron chi connectivity index (χ4n) is 1.31. The Morgan fingerprint density at radius 1 is 1.46 bits per heavy atom. The molecule has 0 saturated carbocycles. The second kappa shape index (κ2) is 3.56. The molecule has 1 aliphatic heterocycles. The van der Waals surface area contributed by atoms with Crippen LogP contribution in [0.15, 0.2) is 18.2 Å². The molecule has 0 spiro atoms. The van der Waals surface area contributed by atoms with Crippen molar-refractivity contribution in [3.63, 3.8) is 0 Å². The second-order valence-corrected chi connectivity index (χ2v) is 3.87. The van der Waals surface area contributed by atoms with Crippen LogP contribution in [0.2, 0.25) is 5.02 Å². The van der Waals surface area contributed by atoms with Gasteiger partial charge in [0.2, 0.25) is 0 Å². The van der Waals surface area contributed by atoms with Crippen LogP contribution in [-0.2, 0) is 0 Å². The number of nitrogens with one attached hydrogen (secondary N) is 2. The van der Waals surface area contributed by atoms with Gasteiger partial charge in [0.05, 0.1) is 6.04 Å². The topological polar surface area (TPSA) is 24.1 Å². The molecule has 1 saturated heterocycles. The minimum atomic E-state index is 0.568. The monoisotopic (exact) mass is 196 g/mol. The maximum atomic E-state index is 6.00. The van der Waals surface area contributed by atoms with E-state index >= 15 is 0 Å². The molecule has 0 aromatic heterocycles. The molecule has 1 aromatic rings. The highest BCUT2D eigenvalue weighted by Crippen LogP contribution is 2.20. The van der Waals surface area contributed by atoms with Crippen molar-refractivity contribution in [3.05, 3.63) is 28.8 Å². The molecule has 0 atom stereocenters. The van der Waals surface area contributed by atoms with Crippen LogP contribution < -0.4 is 10.6 Å². The van der Waals surface area contributed by atoms with Crippen LogP contribution in [0, 0.1) is 6.92 Å². The first-order valence-corrected chi connectivity index (χ1v) is 4.87. The number of aryl methyl sites for hydroxylation is 1. The summed E-state index contributed by atoms with van der Waals surface area (Å²) in [6.07, 6.45) is 0. The number of hydrogen-bond acceptors (Lipinski definition) is 2. The first kappa shape index (κ1) is 8.85. The van der Waals surface area contributed by atoms with E-state index in [1.54, 1.807) is 0 Å². The minimum Gasteiger partial charge on any atom is -0.380 e. The van der Waals surface area contributed by atoms with Gasteiger partial charge in [-0.05, 0) is 24.6 Å². The number of rotatable bonds is 2. The molecule has 1 heterocycles. The van der Waals surface area contributed by atoms with E-state index in [9.17, 15) is 0 Å². The van der Waals surface area contributed by atoms with Crippen molar-refractivity contribution in [1.82, 2.24) is 5.32 Å². The lowest BCUT2D eigenvalue weighted by molar-refractivity contribution is 0.472. The third-order valence-corrected chi connectivity index (χ3v) is 2.73. The Morgan fingerprint density at radius 2 is 2.23 bits per heavy atom. The van der Waals surface area contributed by atoms with Crippen LogP contribution in [-0.4, -0.2) is 19.1 Å². The lowest BCUT2D eigenvalue weighted by atomic mass is 10.1. The molecular formula is C10H13ClN2. The molecule has 13 heavy (non-hydrogen) atoms. The van der Waals surface area contributed by atoms with Gasteiger partial charge in [-0.25, -0.2) is 0 Å². The van der Waals surface area contributed by atoms with Crippen LogP contribution in [0.1, 0.15) is 5.56 Å². The zero-order valence-electron chi connectivity index (χ0n) is 7.60. The predicted molar refractivity (Wildman–Crippen MR) is 56.5 cm³/mol. The third-order valence-electron chi connectivity index (χ3n) is 2.32. The molecule has 0 bridgehead atoms. The minimum absolute atomic E-state index is 0.568. The number of hydrogen-bond donors (Lipinski definition) is 2. The molecule has 3 heteroatoms. The van der Waals surface area contributed by atoms with E-state index in [1.165, 1.54) is 0 Å². The Kier molecular flexibility index (Phi) is 2.42. The van der Waals surface area contributed by atoms with Gasteiger partial charge in [-0.3, -0.25) is 0 Å². The normalized spacial score (nSPS) is 16.8. The maximum Gasteiger partial charge on any atom is 0.0510 e. The van der Waals surface area contributed by atoms with Gasteiger partial charge in [0.15, 0.2) is 0 Å². The number of anilines is 1. The van der Waals surface area contributed by atoms with E-state index in [0.717, 1.165) is 29.4 Å². The van der Waals surface area contributed by atoms with Gasteiger partial charge < -0.3 is 10.6 Å². The van der Waals surface area contributed by atoms with Crippen molar-refractivity contribution in [2.75, 3.05) is 18.4 Å². The van der Waals surface area contributed by atoms with Gasteiger partial charge in [0.25, 0.3) is 0 Å². The lowest BCUT2D eigenvalue weighted by Gasteiger charge is -2.29. The Hall–Kier alpha value is -0.730. The van der Waals surface area contributed by atoms with E-state index in [-0.39, 0.29) is 0 Å². The molecule has 2 N–H and O–H groups in total. The zero-order valence-corrected chi connectivity index (χ0v) is 8.36. The van der Waals surface area contributed by atoms with Crippen LogP contribution in [0.25, 0.3) is 0 Å². The summed E-state index contributed by atoms with van der Waals surface area (Å²) >= 11 is 6.00. The van der Waals surface area contributed by atoms with Gasteiger partial charge in [-0.15, -0.1) is 0 Å². The molecule has 1 aromatic carbocycles. The van der Waals surface area contributed by atoms with Crippen LogP contribution in [0.5, 0.6) is 0 Å². The summed E-state index contributed by atoms with van der Waals surface area (Å²) in [6, 6.07) is 6.66. The van der Waals surface area contributed by atoms with Gasteiger partial charge in [0.1, 0.15) is 0 Å². The SMILES string of the molecule is Cc1ccc(NC2CNC2)cc1Cl. The Morgan fingerprint density at radius 3 is 2.77 bits per heavy atom.